The third kappa shape index (κ3) is 2.46. The molecule has 90 valence electrons. The largest absolute Gasteiger partial charge is 0.338 e. The van der Waals surface area contributed by atoms with Gasteiger partial charge in [0.15, 0.2) is 0 Å². The van der Waals surface area contributed by atoms with Gasteiger partial charge in [0.25, 0.3) is 0 Å². The second-order valence-electron chi connectivity index (χ2n) is 5.23. The van der Waals surface area contributed by atoms with Crippen molar-refractivity contribution in [3.8, 4) is 0 Å². The Hall–Kier alpha value is -0.830. The van der Waals surface area contributed by atoms with Crippen molar-refractivity contribution in [2.24, 2.45) is 24.6 Å². The smallest absolute Gasteiger partial charge is 0.108 e. The molecule has 3 nitrogen and oxygen atoms in total. The first-order valence-corrected chi connectivity index (χ1v) is 6.40. The molecule has 16 heavy (non-hydrogen) atoms. The number of nitrogens with two attached hydrogens (primary N) is 1. The van der Waals surface area contributed by atoms with Gasteiger partial charge in [-0.25, -0.2) is 4.98 Å². The van der Waals surface area contributed by atoms with Gasteiger partial charge in [0.05, 0.1) is 0 Å². The van der Waals surface area contributed by atoms with Crippen LogP contribution in [0.15, 0.2) is 12.4 Å². The van der Waals surface area contributed by atoms with Crippen molar-refractivity contribution in [1.82, 2.24) is 9.55 Å². The molecular formula is C13H23N3. The summed E-state index contributed by atoms with van der Waals surface area (Å²) in [5.41, 5.74) is 6.30. The molecule has 0 bridgehead atoms. The van der Waals surface area contributed by atoms with Crippen LogP contribution in [0.4, 0.5) is 0 Å². The van der Waals surface area contributed by atoms with Gasteiger partial charge in [-0.1, -0.05) is 19.8 Å². The zero-order valence-corrected chi connectivity index (χ0v) is 10.4. The summed E-state index contributed by atoms with van der Waals surface area (Å²) >= 11 is 0. The van der Waals surface area contributed by atoms with E-state index in [0.29, 0.717) is 6.04 Å². The third-order valence-electron chi connectivity index (χ3n) is 4.10. The van der Waals surface area contributed by atoms with Gasteiger partial charge in [0.1, 0.15) is 5.82 Å². The Labute approximate surface area is 98.1 Å². The van der Waals surface area contributed by atoms with Gasteiger partial charge in [-0.15, -0.1) is 0 Å². The molecule has 3 heteroatoms. The summed E-state index contributed by atoms with van der Waals surface area (Å²) in [6.45, 7) is 2.35. The molecule has 0 spiro atoms. The highest BCUT2D eigenvalue weighted by molar-refractivity contribution is 4.93. The Morgan fingerprint density at radius 3 is 2.94 bits per heavy atom. The summed E-state index contributed by atoms with van der Waals surface area (Å²) < 4.78 is 2.09. The van der Waals surface area contributed by atoms with E-state index >= 15 is 0 Å². The zero-order chi connectivity index (χ0) is 11.5. The van der Waals surface area contributed by atoms with Gasteiger partial charge >= 0.3 is 0 Å². The van der Waals surface area contributed by atoms with Crippen LogP contribution in [0.3, 0.4) is 0 Å². The molecule has 0 saturated heterocycles. The number of hydrogen-bond acceptors (Lipinski definition) is 2. The maximum Gasteiger partial charge on any atom is 0.108 e. The highest BCUT2D eigenvalue weighted by Crippen LogP contribution is 2.34. The van der Waals surface area contributed by atoms with Crippen molar-refractivity contribution in [2.45, 2.75) is 45.1 Å². The van der Waals surface area contributed by atoms with E-state index in [-0.39, 0.29) is 0 Å². The van der Waals surface area contributed by atoms with Crippen LogP contribution in [0, 0.1) is 11.8 Å². The quantitative estimate of drug-likeness (QED) is 0.846. The summed E-state index contributed by atoms with van der Waals surface area (Å²) in [4.78, 5) is 4.34. The Morgan fingerprint density at radius 2 is 2.38 bits per heavy atom. The van der Waals surface area contributed by atoms with Crippen LogP contribution >= 0.6 is 0 Å². The molecule has 1 fully saturated rings. The monoisotopic (exact) mass is 221 g/mol. The van der Waals surface area contributed by atoms with Crippen molar-refractivity contribution < 1.29 is 0 Å². The van der Waals surface area contributed by atoms with Crippen molar-refractivity contribution in [2.75, 3.05) is 0 Å². The van der Waals surface area contributed by atoms with E-state index in [1.807, 2.05) is 19.4 Å². The average molecular weight is 221 g/mol. The lowest BCUT2D eigenvalue weighted by molar-refractivity contribution is 0.330. The van der Waals surface area contributed by atoms with Gasteiger partial charge in [-0.2, -0.15) is 0 Å². The number of aryl methyl sites for hydroxylation is 2. The third-order valence-corrected chi connectivity index (χ3v) is 4.10. The molecule has 0 aliphatic heterocycles. The molecule has 2 rings (SSSR count). The molecule has 1 aromatic heterocycles. The first-order valence-electron chi connectivity index (χ1n) is 6.40. The van der Waals surface area contributed by atoms with Gasteiger partial charge in [0, 0.05) is 31.9 Å². The van der Waals surface area contributed by atoms with Crippen LogP contribution in [0.2, 0.25) is 0 Å². The fraction of sp³-hybridized carbons (Fsp3) is 0.769. The summed E-state index contributed by atoms with van der Waals surface area (Å²) in [6.07, 6.45) is 9.98. The minimum absolute atomic E-state index is 0.356. The Balaban J connectivity index is 1.84. The maximum atomic E-state index is 6.30. The topological polar surface area (TPSA) is 43.8 Å². The van der Waals surface area contributed by atoms with E-state index in [9.17, 15) is 0 Å². The minimum atomic E-state index is 0.356. The minimum Gasteiger partial charge on any atom is -0.338 e. The fourth-order valence-electron chi connectivity index (χ4n) is 2.96. The van der Waals surface area contributed by atoms with E-state index in [4.69, 9.17) is 5.73 Å². The number of rotatable bonds is 4. The predicted molar refractivity (Wildman–Crippen MR) is 66.0 cm³/mol. The van der Waals surface area contributed by atoms with Gasteiger partial charge < -0.3 is 10.3 Å². The number of hydrogen-bond donors (Lipinski definition) is 1. The van der Waals surface area contributed by atoms with Crippen molar-refractivity contribution in [3.63, 3.8) is 0 Å². The van der Waals surface area contributed by atoms with E-state index in [1.54, 1.807) is 0 Å². The lowest BCUT2D eigenvalue weighted by Gasteiger charge is -2.23. The van der Waals surface area contributed by atoms with E-state index < -0.39 is 0 Å². The molecule has 0 radical (unpaired) electrons. The average Bonchev–Trinajstić information content (AvgIpc) is 2.84. The zero-order valence-electron chi connectivity index (χ0n) is 10.4. The second kappa shape index (κ2) is 5.00. The predicted octanol–water partition coefficient (Wildman–Crippen LogP) is 2.12. The highest BCUT2D eigenvalue weighted by atomic mass is 15.0. The fourth-order valence-corrected chi connectivity index (χ4v) is 2.96. The molecule has 2 N–H and O–H groups in total. The number of aromatic nitrogens is 2. The van der Waals surface area contributed by atoms with Crippen LogP contribution in [0.1, 0.15) is 38.4 Å². The molecular weight excluding hydrogens is 198 g/mol. The SMILES string of the molecule is CC1CCCC1C(N)CCc1nccn1C. The van der Waals surface area contributed by atoms with Crippen molar-refractivity contribution in [1.29, 1.82) is 0 Å². The summed E-state index contributed by atoms with van der Waals surface area (Å²) in [5, 5.41) is 0. The summed E-state index contributed by atoms with van der Waals surface area (Å²) in [6, 6.07) is 0.356. The Bertz CT molecular complexity index is 332. The van der Waals surface area contributed by atoms with Crippen LogP contribution in [-0.4, -0.2) is 15.6 Å². The molecule has 1 heterocycles. The van der Waals surface area contributed by atoms with Crippen LogP contribution < -0.4 is 5.73 Å². The Morgan fingerprint density at radius 1 is 1.56 bits per heavy atom. The second-order valence-corrected chi connectivity index (χ2v) is 5.23. The highest BCUT2D eigenvalue weighted by Gasteiger charge is 2.28. The summed E-state index contributed by atoms with van der Waals surface area (Å²) in [5.74, 6) is 2.71. The lowest BCUT2D eigenvalue weighted by Crippen LogP contribution is -2.32. The molecule has 1 saturated carbocycles. The van der Waals surface area contributed by atoms with E-state index in [2.05, 4.69) is 16.5 Å². The first-order chi connectivity index (χ1) is 7.68. The van der Waals surface area contributed by atoms with Crippen molar-refractivity contribution >= 4 is 0 Å². The number of nitrogens with zero attached hydrogens (tertiary/aromatic N) is 2. The van der Waals surface area contributed by atoms with Crippen molar-refractivity contribution in [3.05, 3.63) is 18.2 Å². The summed E-state index contributed by atoms with van der Waals surface area (Å²) in [7, 11) is 2.05. The lowest BCUT2D eigenvalue weighted by atomic mass is 9.88. The number of imidazole rings is 1. The van der Waals surface area contributed by atoms with Gasteiger partial charge in [0.2, 0.25) is 0 Å². The molecule has 0 amide bonds. The van der Waals surface area contributed by atoms with Crippen LogP contribution in [0.25, 0.3) is 0 Å². The van der Waals surface area contributed by atoms with E-state index in [0.717, 1.165) is 30.5 Å². The molecule has 1 aliphatic carbocycles. The molecule has 3 atom stereocenters. The molecule has 0 aromatic carbocycles. The maximum absolute atomic E-state index is 6.30. The standard InChI is InChI=1S/C13H23N3/c1-10-4-3-5-11(10)12(14)6-7-13-15-8-9-16(13)2/h8-12H,3-7,14H2,1-2H3. The van der Waals surface area contributed by atoms with Gasteiger partial charge in [-0.3, -0.25) is 0 Å². The normalized spacial score (nSPS) is 27.2. The van der Waals surface area contributed by atoms with Crippen LogP contribution in [0.5, 0.6) is 0 Å². The Kier molecular flexibility index (Phi) is 3.64. The molecule has 1 aromatic rings. The first kappa shape index (κ1) is 11.6. The molecule has 3 unspecified atom stereocenters. The van der Waals surface area contributed by atoms with Gasteiger partial charge in [-0.05, 0) is 24.7 Å². The van der Waals surface area contributed by atoms with E-state index in [1.165, 1.54) is 19.3 Å². The molecule has 1 aliphatic rings. The van der Waals surface area contributed by atoms with Crippen LogP contribution in [-0.2, 0) is 13.5 Å².